The number of carbonyl (C=O) groups is 5. The molecule has 0 aliphatic rings. The number of carbonyl (C=O) groups excluding carboxylic acids is 5. The molecule has 132 heavy (non-hydrogen) atoms. The maximum Gasteiger partial charge on any atom is 1.00 e. The number of rotatable bonds is 19. The monoisotopic (exact) mass is 1990 g/mol. The van der Waals surface area contributed by atoms with Gasteiger partial charge in [-0.05, 0) is 113 Å². The molecule has 0 saturated heterocycles. The number of nitrogens with one attached hydrogen (secondary N) is 3. The van der Waals surface area contributed by atoms with E-state index in [2.05, 4.69) is 45.9 Å². The quantitative estimate of drug-likeness (QED) is 0.0165. The van der Waals surface area contributed by atoms with Crippen LogP contribution in [0.1, 0.15) is 163 Å². The van der Waals surface area contributed by atoms with Crippen molar-refractivity contribution in [1.29, 1.82) is 0 Å². The number of Topliss-reactive ketones (excluding diaryl/α,β-unsaturated/α-hetero) is 2. The molecular weight excluding hydrogens is 1890 g/mol. The second-order valence-corrected chi connectivity index (χ2v) is 34.0. The first-order chi connectivity index (χ1) is 60.1. The Morgan fingerprint density at radius 1 is 0.379 bits per heavy atom. The van der Waals surface area contributed by atoms with Gasteiger partial charge in [-0.25, -0.2) is 47.5 Å². The third-order valence-electron chi connectivity index (χ3n) is 17.5. The number of nitrogens with zero attached hydrogens (tertiary/aromatic N) is 6. The van der Waals surface area contributed by atoms with Crippen LogP contribution in [0.15, 0.2) is 171 Å². The number of aliphatic hydroxyl groups is 1. The van der Waals surface area contributed by atoms with Crippen molar-refractivity contribution in [3.05, 3.63) is 262 Å². The summed E-state index contributed by atoms with van der Waals surface area (Å²) in [5.41, 5.74) is 3.13. The van der Waals surface area contributed by atoms with E-state index in [1.165, 1.54) is 103 Å². The van der Waals surface area contributed by atoms with E-state index in [0.29, 0.717) is 53.0 Å². The van der Waals surface area contributed by atoms with E-state index in [9.17, 15) is 55.4 Å². The molecule has 0 aliphatic heterocycles. The predicted molar refractivity (Wildman–Crippen MR) is 501 cm³/mol. The average molecular weight is 2000 g/mol. The number of pyridine rings is 6. The minimum Gasteiger partial charge on any atom is -0.857 e. The Morgan fingerprint density at radius 3 is 1.02 bits per heavy atom. The summed E-state index contributed by atoms with van der Waals surface area (Å²) in [4.78, 5) is 82.0. The van der Waals surface area contributed by atoms with E-state index in [-0.39, 0.29) is 148 Å². The topological polar surface area (TPSA) is 323 Å². The van der Waals surface area contributed by atoms with Crippen molar-refractivity contribution in [3.63, 3.8) is 0 Å². The average Bonchev–Trinajstić information content (AvgIpc) is 0.740. The first kappa shape index (κ1) is 123. The van der Waals surface area contributed by atoms with Gasteiger partial charge in [0.05, 0.1) is 40.6 Å². The van der Waals surface area contributed by atoms with Crippen LogP contribution in [-0.2, 0) is 30.3 Å². The van der Waals surface area contributed by atoms with Crippen LogP contribution in [0, 0.1) is 43.9 Å². The normalized spacial score (nSPS) is 11.9. The van der Waals surface area contributed by atoms with Crippen LogP contribution < -0.4 is 80.0 Å². The van der Waals surface area contributed by atoms with Crippen molar-refractivity contribution < 1.29 is 127 Å². The number of aryl methyl sites for hydroxylation is 4. The summed E-state index contributed by atoms with van der Waals surface area (Å²) in [5, 5.41) is 28.6. The molecular formula is C93H110Cl7F8N10NaO13. The van der Waals surface area contributed by atoms with Crippen molar-refractivity contribution >= 4 is 133 Å². The van der Waals surface area contributed by atoms with Crippen LogP contribution >= 0.6 is 81.2 Å². The van der Waals surface area contributed by atoms with Gasteiger partial charge in [-0.15, -0.1) is 0 Å². The number of nitrogen functional groups attached to an aromatic ring is 1. The summed E-state index contributed by atoms with van der Waals surface area (Å²) in [6, 6.07) is 36.7. The van der Waals surface area contributed by atoms with Gasteiger partial charge in [0.25, 0.3) is 11.8 Å². The molecule has 0 bridgehead atoms. The molecule has 6 heterocycles. The fraction of sp³-hybridized carbons (Fsp3) is 0.366. The second kappa shape index (κ2) is 54.3. The van der Waals surface area contributed by atoms with Crippen LogP contribution in [0.4, 0.5) is 57.9 Å². The molecule has 3 amide bonds. The molecule has 6 N–H and O–H groups in total. The van der Waals surface area contributed by atoms with E-state index < -0.39 is 57.3 Å². The van der Waals surface area contributed by atoms with E-state index in [1.807, 2.05) is 83.1 Å². The number of methoxy groups -OCH3 is 6. The molecule has 0 radical (unpaired) electrons. The van der Waals surface area contributed by atoms with Crippen LogP contribution in [0.2, 0.25) is 35.3 Å². The van der Waals surface area contributed by atoms with Gasteiger partial charge in [0.15, 0.2) is 11.2 Å². The number of amides is 3. The van der Waals surface area contributed by atoms with Crippen molar-refractivity contribution in [1.82, 2.24) is 29.9 Å². The Morgan fingerprint density at radius 2 is 0.697 bits per heavy atom. The molecule has 23 nitrogen and oxygen atoms in total. The number of anilines is 4. The molecule has 0 saturated carbocycles. The predicted octanol–water partition coefficient (Wildman–Crippen LogP) is 21.0. The summed E-state index contributed by atoms with van der Waals surface area (Å²) < 4.78 is 142. The number of halogens is 15. The number of hydrogen-bond acceptors (Lipinski definition) is 20. The number of aromatic nitrogens is 6. The van der Waals surface area contributed by atoms with Crippen LogP contribution in [0.5, 0.6) is 29.4 Å². The first-order valence-electron chi connectivity index (χ1n) is 38.6. The number of alkyl halides is 8. The van der Waals surface area contributed by atoms with Crippen LogP contribution in [0.25, 0.3) is 0 Å². The van der Waals surface area contributed by atoms with E-state index >= 15 is 8.78 Å². The molecule has 10 aromatic rings. The fourth-order valence-electron chi connectivity index (χ4n) is 10.4. The maximum atomic E-state index is 15.4. The van der Waals surface area contributed by atoms with E-state index in [0.717, 1.165) is 37.5 Å². The van der Waals surface area contributed by atoms with Gasteiger partial charge in [-0.2, -0.15) is 24.7 Å². The molecule has 0 fully saturated rings. The Kier molecular flexibility index (Phi) is 50.5. The minimum atomic E-state index is -3.67. The summed E-state index contributed by atoms with van der Waals surface area (Å²) >= 11 is 40.6. The summed E-state index contributed by atoms with van der Waals surface area (Å²) in [6.45, 7) is 25.9. The zero-order valence-electron chi connectivity index (χ0n) is 76.9. The number of hydrogen-bond donors (Lipinski definition) is 5. The summed E-state index contributed by atoms with van der Waals surface area (Å²) in [5.74, 6) is -17.1. The van der Waals surface area contributed by atoms with Gasteiger partial charge in [0.2, 0.25) is 58.7 Å². The van der Waals surface area contributed by atoms with Crippen LogP contribution in [0.3, 0.4) is 0 Å². The molecule has 6 aromatic heterocycles. The molecule has 2 atom stereocenters. The van der Waals surface area contributed by atoms with Crippen molar-refractivity contribution in [2.45, 2.75) is 160 Å². The molecule has 4 aromatic carbocycles. The standard InChI is InChI=1S/C22H27ClF2N2O3.C21H25ClF2N2O3.C12H17NO.2C9H8ClF2NO2.C7H9N.C6H6ClNO.C5H3Cl2N.CH3O.CH4.Na/c1-13-8-9-16(27-19(28)20(2,3)4)15(12-13)22(30-7,21(5,24)25)14-10-11-26-18(29-6)17(14)23;1-12-7-8-15(26-18(27)19(2,3)4)14(11-12)21(28,20(5,23)24)13-9-10-25-17(29-6)16(13)22;1-9-5-7-10(8-6-9)13-11(14)12(2,3)4;2*1-9(11,12)7(14)5-3-4-13-8(15-2)6(5)10;1-6-2-4-7(8)5-3-6;1-9-6-5(7)3-2-4-8-6;6-4-2-1-3-8-5(4)7;1-2;;/h8-12H,1-7H3,(H,27,28);7-11,28H,1-6H3,(H,26,27);5-8H,1-4H3,(H,13,14);2*3-4H,1-2H3;2-5H,8H2,1H3;2-4H,1H3;1-3H;1H3;1H4;/q;;;;;;;;-1;;+1. The zero-order chi connectivity index (χ0) is 99.8. The van der Waals surface area contributed by atoms with Gasteiger partial charge in [-0.3, -0.25) is 24.0 Å². The summed E-state index contributed by atoms with van der Waals surface area (Å²) in [7, 11) is 8.67. The SMILES string of the molecule is C.COc1nccc(C(=O)C(C)(F)F)c1Cl.COc1nccc(C(=O)C(C)(F)F)c1Cl.COc1nccc(C(O)(c2cc(C)ccc2NC(=O)C(C)(C)C)C(C)(F)F)c1Cl.COc1nccc(C(OC)(c2cc(C)ccc2NC(=O)C(C)(C)C)C(C)(F)F)c1Cl.COc1ncccc1Cl.C[O-].Cc1ccc(N)cc1.Cc1ccc(NC(=O)C(C)(C)C)cc1.Clc1cccnc1Cl.[Na+]. The molecule has 10 rings (SSSR count). The first-order valence-corrected chi connectivity index (χ1v) is 41.3. The van der Waals surface area contributed by atoms with Gasteiger partial charge >= 0.3 is 41.4 Å². The van der Waals surface area contributed by atoms with E-state index in [4.69, 9.17) is 120 Å². The second-order valence-electron chi connectivity index (χ2n) is 31.3. The van der Waals surface area contributed by atoms with Crippen molar-refractivity contribution in [2.75, 3.05) is 71.5 Å². The minimum absolute atomic E-state index is 0. The molecule has 716 valence electrons. The third-order valence-corrected chi connectivity index (χ3v) is 19.9. The maximum absolute atomic E-state index is 15.4. The van der Waals surface area contributed by atoms with Crippen molar-refractivity contribution in [3.8, 4) is 29.4 Å². The Bertz CT molecular complexity index is 5280. The number of benzene rings is 4. The van der Waals surface area contributed by atoms with E-state index in [1.54, 1.807) is 116 Å². The molecule has 2 unspecified atom stereocenters. The number of ether oxygens (including phenoxy) is 6. The van der Waals surface area contributed by atoms with Gasteiger partial charge in [0.1, 0.15) is 30.3 Å². The zero-order valence-corrected chi connectivity index (χ0v) is 84.2. The van der Waals surface area contributed by atoms with Gasteiger partial charge in [0, 0.05) is 144 Å². The number of ketones is 2. The summed E-state index contributed by atoms with van der Waals surface area (Å²) in [6.07, 6.45) is 8.13. The number of nitrogens with two attached hydrogens (primary N) is 1. The largest absolute Gasteiger partial charge is 1.00 e. The molecule has 0 spiro atoms. The Labute approximate surface area is 822 Å². The van der Waals surface area contributed by atoms with Gasteiger partial charge < -0.3 is 60.3 Å². The molecule has 0 aliphatic carbocycles. The van der Waals surface area contributed by atoms with Crippen LogP contribution in [-0.4, -0.2) is 138 Å². The molecule has 39 heteroatoms. The smallest absolute Gasteiger partial charge is 0.857 e. The van der Waals surface area contributed by atoms with Crippen molar-refractivity contribution in [2.24, 2.45) is 16.2 Å². The van der Waals surface area contributed by atoms with Gasteiger partial charge in [-0.1, -0.05) is 222 Å². The Balaban J connectivity index is 0.00000155. The fourth-order valence-corrected chi connectivity index (χ4v) is 12.1. The Hall–Kier alpha value is -9.32. The third kappa shape index (κ3) is 35.8.